The van der Waals surface area contributed by atoms with Gasteiger partial charge in [0.25, 0.3) is 0 Å². The summed E-state index contributed by atoms with van der Waals surface area (Å²) in [6, 6.07) is 94.5. The van der Waals surface area contributed by atoms with Crippen LogP contribution >= 0.6 is 47.0 Å². The SMILES string of the molecule is Cc1cc2c3c(c1)N(c1ccccc1)c1ccccc1B3N(c1ccc(Cc3cc4c5c(c3)-n3c6ccccc6c6cccc(c63)B5N(c3ccccc3)c3cc5c(cc3-4)Sc3ccccc3S5)cc1)c1cc3c(cc1-2)Sc1ccccc1S3. The van der Waals surface area contributed by atoms with Crippen molar-refractivity contribution >= 4 is 144 Å². The van der Waals surface area contributed by atoms with Crippen molar-refractivity contribution in [2.45, 2.75) is 52.5 Å². The van der Waals surface area contributed by atoms with Crippen LogP contribution in [0.5, 0.6) is 0 Å². The molecule has 0 amide bonds. The summed E-state index contributed by atoms with van der Waals surface area (Å²) >= 11 is 7.60. The van der Waals surface area contributed by atoms with E-state index < -0.39 is 0 Å². The van der Waals surface area contributed by atoms with E-state index in [9.17, 15) is 0 Å². The summed E-state index contributed by atoms with van der Waals surface area (Å²) < 4.78 is 2.60. The van der Waals surface area contributed by atoms with Gasteiger partial charge in [0, 0.05) is 107 Å². The van der Waals surface area contributed by atoms with Crippen molar-refractivity contribution in [3.05, 3.63) is 265 Å². The molecule has 0 N–H and O–H groups in total. The molecule has 0 bridgehead atoms. The first-order valence-corrected chi connectivity index (χ1v) is 32.1. The van der Waals surface area contributed by atoms with Crippen LogP contribution in [0.4, 0.5) is 39.8 Å². The summed E-state index contributed by atoms with van der Waals surface area (Å²) in [6.45, 7) is 2.15. The van der Waals surface area contributed by atoms with Gasteiger partial charge in [-0.15, -0.1) is 0 Å². The van der Waals surface area contributed by atoms with E-state index in [0.29, 0.717) is 0 Å². The Hall–Kier alpha value is -8.63. The van der Waals surface area contributed by atoms with Gasteiger partial charge in [-0.05, 0) is 172 Å². The normalized spacial score (nSPS) is 14.2. The molecular weight excluding hydrogens is 1090 g/mol. The maximum absolute atomic E-state index is 2.67. The van der Waals surface area contributed by atoms with E-state index in [-0.39, 0.29) is 13.7 Å². The smallest absolute Gasteiger partial charge is 0.333 e. The van der Waals surface area contributed by atoms with E-state index in [1.807, 2.05) is 47.0 Å². The first-order chi connectivity index (χ1) is 41.5. The van der Waals surface area contributed by atoms with Gasteiger partial charge in [0.15, 0.2) is 0 Å². The lowest BCUT2D eigenvalue weighted by atomic mass is 9.43. The molecule has 0 unspecified atom stereocenters. The highest BCUT2D eigenvalue weighted by Gasteiger charge is 2.47. The third kappa shape index (κ3) is 6.94. The van der Waals surface area contributed by atoms with Crippen molar-refractivity contribution in [3.63, 3.8) is 0 Å². The van der Waals surface area contributed by atoms with Gasteiger partial charge in [0.2, 0.25) is 0 Å². The van der Waals surface area contributed by atoms with Crippen molar-refractivity contribution in [3.8, 4) is 27.9 Å². The Morgan fingerprint density at radius 1 is 0.333 bits per heavy atom. The monoisotopic (exact) mass is 1140 g/mol. The second kappa shape index (κ2) is 18.2. The topological polar surface area (TPSA) is 14.7 Å². The Kier molecular flexibility index (Phi) is 10.4. The minimum absolute atomic E-state index is 0.0469. The maximum Gasteiger partial charge on any atom is 0.333 e. The highest BCUT2D eigenvalue weighted by atomic mass is 32.2. The first-order valence-electron chi connectivity index (χ1n) is 28.8. The Balaban J connectivity index is 0.791. The molecule has 6 aliphatic heterocycles. The fourth-order valence-corrected chi connectivity index (χ4v) is 19.2. The van der Waals surface area contributed by atoms with Crippen LogP contribution in [-0.2, 0) is 6.42 Å². The van der Waals surface area contributed by atoms with Crippen LogP contribution in [0.1, 0.15) is 16.7 Å². The average molecular weight is 1140 g/mol. The van der Waals surface area contributed by atoms with Gasteiger partial charge < -0.3 is 19.1 Å². The molecule has 84 heavy (non-hydrogen) atoms. The number of para-hydroxylation sites is 5. The van der Waals surface area contributed by atoms with E-state index in [1.165, 1.54) is 162 Å². The molecular formula is C74H46B2N4S4. The highest BCUT2D eigenvalue weighted by Crippen LogP contribution is 2.57. The first kappa shape index (κ1) is 47.8. The van der Waals surface area contributed by atoms with Crippen LogP contribution in [0, 0.1) is 6.92 Å². The quantitative estimate of drug-likeness (QED) is 0.157. The molecule has 0 fully saturated rings. The minimum Gasteiger partial charge on any atom is -0.376 e. The second-order valence-electron chi connectivity index (χ2n) is 22.8. The van der Waals surface area contributed by atoms with Crippen LogP contribution in [0.3, 0.4) is 0 Å². The van der Waals surface area contributed by atoms with Crippen LogP contribution in [0.25, 0.3) is 49.7 Å². The zero-order valence-corrected chi connectivity index (χ0v) is 48.7. The third-order valence-electron chi connectivity index (χ3n) is 18.0. The molecule has 6 aliphatic rings. The number of hydrogen-bond acceptors (Lipinski definition) is 7. The van der Waals surface area contributed by atoms with Gasteiger partial charge in [0.1, 0.15) is 0 Å². The molecule has 0 spiro atoms. The summed E-state index contributed by atoms with van der Waals surface area (Å²) in [7, 11) is 0. The lowest BCUT2D eigenvalue weighted by molar-refractivity contribution is 1.13. The molecule has 1 aromatic heterocycles. The molecule has 0 saturated heterocycles. The van der Waals surface area contributed by atoms with Crippen LogP contribution in [0.15, 0.2) is 288 Å². The number of nitrogens with zero attached hydrogens (tertiary/aromatic N) is 4. The molecule has 12 aromatic carbocycles. The maximum atomic E-state index is 2.67. The van der Waals surface area contributed by atoms with Crippen molar-refractivity contribution in [1.29, 1.82) is 0 Å². The fourth-order valence-electron chi connectivity index (χ4n) is 14.7. The summed E-state index contributed by atoms with van der Waals surface area (Å²) in [6.07, 6.45) is 0.776. The number of benzene rings is 12. The number of aryl methyl sites for hydroxylation is 1. The van der Waals surface area contributed by atoms with Gasteiger partial charge >= 0.3 is 13.7 Å². The van der Waals surface area contributed by atoms with E-state index in [1.54, 1.807) is 0 Å². The molecule has 7 heterocycles. The Bertz CT molecular complexity index is 5010. The Morgan fingerprint density at radius 3 is 1.51 bits per heavy atom. The molecule has 0 aliphatic carbocycles. The van der Waals surface area contributed by atoms with E-state index in [4.69, 9.17) is 0 Å². The molecule has 0 atom stereocenters. The number of anilines is 7. The fraction of sp³-hybridized carbons (Fsp3) is 0.0270. The predicted octanol–water partition coefficient (Wildman–Crippen LogP) is 17.9. The van der Waals surface area contributed by atoms with Gasteiger partial charge in [-0.2, -0.15) is 0 Å². The van der Waals surface area contributed by atoms with Gasteiger partial charge in [0.05, 0.1) is 11.0 Å². The number of fused-ring (bicyclic) bond motifs is 15. The van der Waals surface area contributed by atoms with Crippen molar-refractivity contribution < 1.29 is 0 Å². The van der Waals surface area contributed by atoms with E-state index in [0.717, 1.165) is 12.1 Å². The highest BCUT2D eigenvalue weighted by molar-refractivity contribution is 8.05. The second-order valence-corrected chi connectivity index (χ2v) is 27.1. The summed E-state index contributed by atoms with van der Waals surface area (Å²) in [5.41, 5.74) is 26.6. The standard InChI is InChI=1S/C74H46B2N4S4/c1-44-35-54-52-40-68-70(83-66-29-14-12-27-64(66)81-68)42-60(52)80(75-56-23-9-11-26-59(56)77(62(36-44)72(54)75)47-17-4-2-5-18-47)49-33-31-45(32-34-49)37-46-38-55-53-41-69-71(84-67-30-15-13-28-65(67)82-69)43-61(53)79(48-19-6-3-7-20-48)76-57-24-16-22-51-50-21-8-10-25-58(50)78(74(51)57)63(39-46)73(55)76/h2-36,38-43H,37H2,1H3. The molecule has 4 nitrogen and oxygen atoms in total. The largest absolute Gasteiger partial charge is 0.376 e. The van der Waals surface area contributed by atoms with Crippen molar-refractivity contribution in [1.82, 2.24) is 4.57 Å². The van der Waals surface area contributed by atoms with E-state index in [2.05, 4.69) is 275 Å². The number of hydrogen-bond donors (Lipinski definition) is 0. The molecule has 10 heteroatoms. The van der Waals surface area contributed by atoms with Gasteiger partial charge in [-0.1, -0.05) is 187 Å². The lowest BCUT2D eigenvalue weighted by Gasteiger charge is -2.46. The molecule has 0 radical (unpaired) electrons. The molecule has 392 valence electrons. The van der Waals surface area contributed by atoms with Crippen molar-refractivity contribution in [2.24, 2.45) is 0 Å². The van der Waals surface area contributed by atoms with E-state index >= 15 is 0 Å². The van der Waals surface area contributed by atoms with Crippen LogP contribution < -0.4 is 36.4 Å². The Labute approximate surface area is 505 Å². The predicted molar refractivity (Wildman–Crippen MR) is 357 cm³/mol. The molecule has 13 aromatic rings. The van der Waals surface area contributed by atoms with Crippen molar-refractivity contribution in [2.75, 3.05) is 14.5 Å². The van der Waals surface area contributed by atoms with Gasteiger partial charge in [-0.3, -0.25) is 0 Å². The Morgan fingerprint density at radius 2 is 0.845 bits per heavy atom. The summed E-state index contributed by atoms with van der Waals surface area (Å²) in [5, 5.41) is 2.58. The third-order valence-corrected chi connectivity index (χ3v) is 23.1. The molecule has 19 rings (SSSR count). The summed E-state index contributed by atoms with van der Waals surface area (Å²) in [4.78, 5) is 18.3. The number of aromatic nitrogens is 1. The summed E-state index contributed by atoms with van der Waals surface area (Å²) in [5.74, 6) is 0. The van der Waals surface area contributed by atoms with Gasteiger partial charge in [-0.25, -0.2) is 0 Å². The number of rotatable bonds is 5. The molecule has 0 saturated carbocycles. The zero-order valence-electron chi connectivity index (χ0n) is 45.5. The average Bonchev–Trinajstić information content (AvgIpc) is 1.33. The zero-order chi connectivity index (χ0) is 54.9. The lowest BCUT2D eigenvalue weighted by Crippen LogP contribution is -2.61. The van der Waals surface area contributed by atoms with Crippen LogP contribution in [-0.4, -0.2) is 18.3 Å². The minimum atomic E-state index is -0.0687. The van der Waals surface area contributed by atoms with Crippen LogP contribution in [0.2, 0.25) is 0 Å².